The standard InChI is InChI=1S/C41H48ClN5O8S/c1-5-26-21-41(26,38(50)45-56(52,53)31-17-18-31)44-36(48)34-20-30(55-39(51)46-22-25-11-9-16-33(42)32(25)24-46)23-47(34)37(49)35(40(2,3)4)43-27-12-10-15-29(19-27)54-28-13-7-6-8-14-28/h6-16,19,26,30-31,34-35,43H,5,17-18,20-24H2,1-4H3,(H,44,48)(H,45,50). The third-order valence-electron chi connectivity index (χ3n) is 11.1. The van der Waals surface area contributed by atoms with Crippen molar-refractivity contribution in [3.05, 3.63) is 88.9 Å². The van der Waals surface area contributed by atoms with Gasteiger partial charge in [0.25, 0.3) is 5.91 Å². The van der Waals surface area contributed by atoms with Crippen LogP contribution in [0.1, 0.15) is 70.9 Å². The van der Waals surface area contributed by atoms with Crippen molar-refractivity contribution in [1.29, 1.82) is 0 Å². The van der Waals surface area contributed by atoms with Crippen LogP contribution in [0, 0.1) is 11.3 Å². The van der Waals surface area contributed by atoms with Crippen molar-refractivity contribution in [2.45, 2.75) is 102 Å². The minimum Gasteiger partial charge on any atom is -0.457 e. The van der Waals surface area contributed by atoms with E-state index in [2.05, 4.69) is 15.4 Å². The van der Waals surface area contributed by atoms with Gasteiger partial charge in [-0.1, -0.05) is 82.1 Å². The van der Waals surface area contributed by atoms with Crippen LogP contribution in [0.15, 0.2) is 72.8 Å². The summed E-state index contributed by atoms with van der Waals surface area (Å²) in [5.74, 6) is -0.903. The molecule has 3 fully saturated rings. The topological polar surface area (TPSA) is 163 Å². The van der Waals surface area contributed by atoms with Crippen LogP contribution in [0.3, 0.4) is 0 Å². The number of anilines is 1. The van der Waals surface area contributed by atoms with E-state index in [0.29, 0.717) is 48.0 Å². The number of hydrogen-bond acceptors (Lipinski definition) is 9. The Hall–Kier alpha value is -4.82. The molecule has 3 aromatic rings. The Morgan fingerprint density at radius 2 is 1.68 bits per heavy atom. The molecule has 4 aliphatic rings. The Labute approximate surface area is 332 Å². The van der Waals surface area contributed by atoms with Crippen molar-refractivity contribution >= 4 is 51.1 Å². The molecule has 2 aliphatic carbocycles. The molecule has 0 bridgehead atoms. The molecule has 0 radical (unpaired) electrons. The number of amides is 4. The molecule has 3 N–H and O–H groups in total. The second-order valence-electron chi connectivity index (χ2n) is 16.3. The maximum absolute atomic E-state index is 14.8. The van der Waals surface area contributed by atoms with E-state index >= 15 is 0 Å². The summed E-state index contributed by atoms with van der Waals surface area (Å²) in [6, 6.07) is 20.0. The Morgan fingerprint density at radius 3 is 2.34 bits per heavy atom. The van der Waals surface area contributed by atoms with Gasteiger partial charge in [0.2, 0.25) is 21.8 Å². The molecular formula is C41H48ClN5O8S. The molecule has 0 aromatic heterocycles. The highest BCUT2D eigenvalue weighted by Crippen LogP contribution is 2.47. The van der Waals surface area contributed by atoms with Crippen LogP contribution >= 0.6 is 11.6 Å². The first-order valence-electron chi connectivity index (χ1n) is 19.1. The molecule has 5 atom stereocenters. The van der Waals surface area contributed by atoms with Crippen molar-refractivity contribution in [2.75, 3.05) is 11.9 Å². The monoisotopic (exact) mass is 805 g/mol. The molecule has 2 saturated carbocycles. The van der Waals surface area contributed by atoms with Crippen LogP contribution in [0.5, 0.6) is 11.5 Å². The summed E-state index contributed by atoms with van der Waals surface area (Å²) in [5.41, 5.74) is 0.240. The lowest BCUT2D eigenvalue weighted by Crippen LogP contribution is -2.58. The number of likely N-dealkylation sites (tertiary alicyclic amines) is 1. The van der Waals surface area contributed by atoms with Crippen molar-refractivity contribution in [1.82, 2.24) is 19.8 Å². The number of nitrogens with one attached hydrogen (secondary N) is 3. The van der Waals surface area contributed by atoms with E-state index in [0.717, 1.165) is 11.1 Å². The molecular weight excluding hydrogens is 758 g/mol. The molecule has 7 rings (SSSR count). The number of sulfonamides is 1. The molecule has 2 aliphatic heterocycles. The minimum atomic E-state index is -3.87. The highest BCUT2D eigenvalue weighted by molar-refractivity contribution is 7.91. The SMILES string of the molecule is CCC1CC1(NC(=O)C1CC(OC(=O)N2Cc3cccc(Cl)c3C2)CN1C(=O)C(Nc1cccc(Oc2ccccc2)c1)C(C)(C)C)C(=O)NS(=O)(=O)C1CC1. The first-order valence-corrected chi connectivity index (χ1v) is 21.0. The maximum Gasteiger partial charge on any atom is 0.410 e. The summed E-state index contributed by atoms with van der Waals surface area (Å²) >= 11 is 6.40. The number of ether oxygens (including phenoxy) is 2. The fourth-order valence-corrected chi connectivity index (χ4v) is 9.27. The summed E-state index contributed by atoms with van der Waals surface area (Å²) in [6.07, 6.45) is 0.237. The number of carbonyl (C=O) groups excluding carboxylic acids is 4. The van der Waals surface area contributed by atoms with Gasteiger partial charge in [0, 0.05) is 29.7 Å². The summed E-state index contributed by atoms with van der Waals surface area (Å²) in [4.78, 5) is 59.2. The molecule has 2 heterocycles. The van der Waals surface area contributed by atoms with Gasteiger partial charge in [-0.3, -0.25) is 24.0 Å². The third-order valence-corrected chi connectivity index (χ3v) is 13.3. The van der Waals surface area contributed by atoms with E-state index in [9.17, 15) is 27.6 Å². The maximum atomic E-state index is 14.8. The smallest absolute Gasteiger partial charge is 0.410 e. The number of hydrogen-bond donors (Lipinski definition) is 3. The molecule has 5 unspecified atom stereocenters. The zero-order valence-corrected chi connectivity index (χ0v) is 33.5. The van der Waals surface area contributed by atoms with Crippen LogP contribution in [-0.2, 0) is 42.2 Å². The predicted molar refractivity (Wildman–Crippen MR) is 210 cm³/mol. The summed E-state index contributed by atoms with van der Waals surface area (Å²) in [5, 5.41) is 6.17. The third kappa shape index (κ3) is 8.31. The molecule has 4 amide bonds. The Bertz CT molecular complexity index is 2120. The Balaban J connectivity index is 1.13. The van der Waals surface area contributed by atoms with E-state index < -0.39 is 68.2 Å². The van der Waals surface area contributed by atoms with E-state index in [1.165, 1.54) is 9.80 Å². The molecule has 3 aromatic carbocycles. The zero-order valence-electron chi connectivity index (χ0n) is 31.9. The van der Waals surface area contributed by atoms with Crippen molar-refractivity contribution in [3.8, 4) is 11.5 Å². The van der Waals surface area contributed by atoms with E-state index in [4.69, 9.17) is 21.1 Å². The lowest BCUT2D eigenvalue weighted by Gasteiger charge is -2.36. The van der Waals surface area contributed by atoms with Crippen LogP contribution in [0.2, 0.25) is 5.02 Å². The van der Waals surface area contributed by atoms with Gasteiger partial charge in [0.05, 0.1) is 18.3 Å². The normalized spacial score (nSPS) is 23.5. The molecule has 0 spiro atoms. The minimum absolute atomic E-state index is 0.0308. The van der Waals surface area contributed by atoms with Gasteiger partial charge in [-0.05, 0) is 72.1 Å². The first kappa shape index (κ1) is 39.4. The van der Waals surface area contributed by atoms with E-state index in [-0.39, 0.29) is 31.8 Å². The number of nitrogens with zero attached hydrogens (tertiary/aromatic N) is 2. The highest BCUT2D eigenvalue weighted by Gasteiger charge is 2.62. The fourth-order valence-electron chi connectivity index (χ4n) is 7.65. The van der Waals surface area contributed by atoms with Gasteiger partial charge in [-0.15, -0.1) is 0 Å². The number of carbonyl (C=O) groups is 4. The Kier molecular flexibility index (Phi) is 10.7. The average Bonchev–Trinajstić information content (AvgIpc) is 4.04. The van der Waals surface area contributed by atoms with Gasteiger partial charge in [0.15, 0.2) is 0 Å². The second kappa shape index (κ2) is 15.3. The van der Waals surface area contributed by atoms with Gasteiger partial charge in [-0.25, -0.2) is 13.2 Å². The predicted octanol–water partition coefficient (Wildman–Crippen LogP) is 5.97. The second-order valence-corrected chi connectivity index (χ2v) is 18.7. The van der Waals surface area contributed by atoms with Crippen LogP contribution in [0.25, 0.3) is 0 Å². The molecule has 1 saturated heterocycles. The van der Waals surface area contributed by atoms with Gasteiger partial charge < -0.3 is 25.0 Å². The number of para-hydroxylation sites is 1. The van der Waals surface area contributed by atoms with E-state index in [1.54, 1.807) is 12.1 Å². The number of halogens is 1. The quantitative estimate of drug-likeness (QED) is 0.200. The van der Waals surface area contributed by atoms with E-state index in [1.807, 2.05) is 88.4 Å². The molecule has 15 heteroatoms. The largest absolute Gasteiger partial charge is 0.457 e. The van der Waals surface area contributed by atoms with Crippen molar-refractivity contribution < 1.29 is 37.1 Å². The first-order chi connectivity index (χ1) is 26.6. The molecule has 56 heavy (non-hydrogen) atoms. The molecule has 298 valence electrons. The van der Waals surface area contributed by atoms with Crippen LogP contribution in [-0.4, -0.2) is 77.6 Å². The lowest BCUT2D eigenvalue weighted by molar-refractivity contribution is -0.141. The van der Waals surface area contributed by atoms with Crippen molar-refractivity contribution in [2.24, 2.45) is 11.3 Å². The number of rotatable bonds is 12. The number of fused-ring (bicyclic) bond motifs is 1. The average molecular weight is 806 g/mol. The van der Waals surface area contributed by atoms with Crippen molar-refractivity contribution in [3.63, 3.8) is 0 Å². The Morgan fingerprint density at radius 1 is 0.964 bits per heavy atom. The van der Waals surface area contributed by atoms with Gasteiger partial charge in [0.1, 0.15) is 35.2 Å². The van der Waals surface area contributed by atoms with Crippen LogP contribution < -0.4 is 20.1 Å². The summed E-state index contributed by atoms with van der Waals surface area (Å²) in [6.45, 7) is 8.06. The number of benzene rings is 3. The molecule has 13 nitrogen and oxygen atoms in total. The summed E-state index contributed by atoms with van der Waals surface area (Å²) < 4.78 is 39.8. The van der Waals surface area contributed by atoms with Gasteiger partial charge in [-0.2, -0.15) is 0 Å². The van der Waals surface area contributed by atoms with Crippen LogP contribution in [0.4, 0.5) is 10.5 Å². The zero-order chi connectivity index (χ0) is 40.0. The fraction of sp³-hybridized carbons (Fsp3) is 0.463. The summed E-state index contributed by atoms with van der Waals surface area (Å²) in [7, 11) is -3.87. The lowest BCUT2D eigenvalue weighted by atomic mass is 9.85. The highest BCUT2D eigenvalue weighted by atomic mass is 35.5. The van der Waals surface area contributed by atoms with Gasteiger partial charge >= 0.3 is 6.09 Å².